The fourth-order valence-electron chi connectivity index (χ4n) is 2.37. The lowest BCUT2D eigenvalue weighted by atomic mass is 10.1. The van der Waals surface area contributed by atoms with Gasteiger partial charge in [-0.15, -0.1) is 10.2 Å². The number of benzene rings is 2. The Morgan fingerprint density at radius 3 is 2.70 bits per heavy atom. The van der Waals surface area contributed by atoms with Gasteiger partial charge in [0, 0.05) is 23.9 Å². The molecule has 0 spiro atoms. The molecular weight excluding hydrogens is 364 g/mol. The van der Waals surface area contributed by atoms with Crippen molar-refractivity contribution in [1.29, 1.82) is 0 Å². The number of carbonyl (C=O) groups is 2. The van der Waals surface area contributed by atoms with Gasteiger partial charge in [0.15, 0.2) is 0 Å². The van der Waals surface area contributed by atoms with Crippen LogP contribution in [0.2, 0.25) is 0 Å². The number of hydrogen-bond acceptors (Lipinski definition) is 6. The zero-order valence-electron chi connectivity index (χ0n) is 14.9. The Kier molecular flexibility index (Phi) is 5.87. The standard InChI is InChI=1S/C19H18N4O3S/c1-12-5-3-7-14(9-12)18-22-23-19(26-18)27-11-16(24)21-15-8-4-6-13(10-15)17(25)20-2/h3-10H,11H2,1-2H3,(H,20,25)(H,21,24). The van der Waals surface area contributed by atoms with Gasteiger partial charge in [0.25, 0.3) is 11.1 Å². The van der Waals surface area contributed by atoms with Crippen molar-refractivity contribution >= 4 is 29.3 Å². The maximum absolute atomic E-state index is 12.1. The molecular formula is C19H18N4O3S. The zero-order valence-corrected chi connectivity index (χ0v) is 15.7. The van der Waals surface area contributed by atoms with E-state index in [0.29, 0.717) is 22.4 Å². The molecule has 138 valence electrons. The van der Waals surface area contributed by atoms with Gasteiger partial charge in [-0.2, -0.15) is 0 Å². The average molecular weight is 382 g/mol. The molecule has 1 aromatic heterocycles. The Bertz CT molecular complexity index is 971. The summed E-state index contributed by atoms with van der Waals surface area (Å²) in [7, 11) is 1.56. The molecule has 2 N–H and O–H groups in total. The van der Waals surface area contributed by atoms with Gasteiger partial charge in [-0.25, -0.2) is 0 Å². The Balaban J connectivity index is 1.58. The maximum atomic E-state index is 12.1. The monoisotopic (exact) mass is 382 g/mol. The van der Waals surface area contributed by atoms with E-state index in [1.54, 1.807) is 31.3 Å². The van der Waals surface area contributed by atoms with E-state index >= 15 is 0 Å². The molecule has 8 heteroatoms. The van der Waals surface area contributed by atoms with E-state index in [2.05, 4.69) is 20.8 Å². The minimum absolute atomic E-state index is 0.111. The molecule has 0 saturated heterocycles. The van der Waals surface area contributed by atoms with Crippen LogP contribution in [0.25, 0.3) is 11.5 Å². The predicted molar refractivity (Wildman–Crippen MR) is 104 cm³/mol. The molecule has 3 rings (SSSR count). The highest BCUT2D eigenvalue weighted by Crippen LogP contribution is 2.24. The summed E-state index contributed by atoms with van der Waals surface area (Å²) in [5.41, 5.74) is 2.96. The fraction of sp³-hybridized carbons (Fsp3) is 0.158. The quantitative estimate of drug-likeness (QED) is 0.636. The first-order valence-corrected chi connectivity index (χ1v) is 9.19. The number of thioether (sulfide) groups is 1. The summed E-state index contributed by atoms with van der Waals surface area (Å²) in [5, 5.41) is 13.6. The normalized spacial score (nSPS) is 10.4. The topological polar surface area (TPSA) is 97.1 Å². The fourth-order valence-corrected chi connectivity index (χ4v) is 2.93. The maximum Gasteiger partial charge on any atom is 0.277 e. The summed E-state index contributed by atoms with van der Waals surface area (Å²) in [6.07, 6.45) is 0. The van der Waals surface area contributed by atoms with Crippen molar-refractivity contribution in [1.82, 2.24) is 15.5 Å². The van der Waals surface area contributed by atoms with Crippen molar-refractivity contribution in [2.45, 2.75) is 12.1 Å². The molecule has 0 aliphatic heterocycles. The van der Waals surface area contributed by atoms with Crippen LogP contribution < -0.4 is 10.6 Å². The van der Waals surface area contributed by atoms with Gasteiger partial charge in [-0.3, -0.25) is 9.59 Å². The summed E-state index contributed by atoms with van der Waals surface area (Å²) in [6, 6.07) is 14.5. The van der Waals surface area contributed by atoms with Gasteiger partial charge in [0.2, 0.25) is 11.8 Å². The highest BCUT2D eigenvalue weighted by atomic mass is 32.2. The van der Waals surface area contributed by atoms with Gasteiger partial charge in [0.05, 0.1) is 5.75 Å². The number of anilines is 1. The first kappa shape index (κ1) is 18.7. The molecule has 0 fully saturated rings. The molecule has 0 aliphatic rings. The minimum Gasteiger partial charge on any atom is -0.411 e. The zero-order chi connectivity index (χ0) is 19.2. The van der Waals surface area contributed by atoms with Gasteiger partial charge in [-0.1, -0.05) is 35.5 Å². The van der Waals surface area contributed by atoms with E-state index in [1.165, 1.54) is 0 Å². The van der Waals surface area contributed by atoms with E-state index in [-0.39, 0.29) is 17.6 Å². The number of rotatable bonds is 6. The van der Waals surface area contributed by atoms with Crippen LogP contribution in [0.1, 0.15) is 15.9 Å². The Morgan fingerprint density at radius 2 is 1.93 bits per heavy atom. The van der Waals surface area contributed by atoms with Crippen LogP contribution in [-0.4, -0.2) is 34.8 Å². The van der Waals surface area contributed by atoms with E-state index in [9.17, 15) is 9.59 Å². The van der Waals surface area contributed by atoms with Gasteiger partial charge in [0.1, 0.15) is 0 Å². The largest absolute Gasteiger partial charge is 0.411 e. The highest BCUT2D eigenvalue weighted by Gasteiger charge is 2.12. The second-order valence-corrected chi connectivity index (χ2v) is 6.67. The summed E-state index contributed by atoms with van der Waals surface area (Å²) in [6.45, 7) is 1.99. The number of aryl methyl sites for hydroxylation is 1. The molecule has 3 aromatic rings. The SMILES string of the molecule is CNC(=O)c1cccc(NC(=O)CSc2nnc(-c3cccc(C)c3)o2)c1. The van der Waals surface area contributed by atoms with E-state index in [4.69, 9.17) is 4.42 Å². The van der Waals surface area contributed by atoms with Gasteiger partial charge < -0.3 is 15.1 Å². The lowest BCUT2D eigenvalue weighted by Crippen LogP contribution is -2.18. The van der Waals surface area contributed by atoms with Crippen LogP contribution in [0.5, 0.6) is 0 Å². The number of nitrogens with one attached hydrogen (secondary N) is 2. The molecule has 1 heterocycles. The first-order chi connectivity index (χ1) is 13.0. The lowest BCUT2D eigenvalue weighted by Gasteiger charge is -2.06. The van der Waals surface area contributed by atoms with Crippen molar-refractivity contribution in [2.75, 3.05) is 18.1 Å². The number of amides is 2. The molecule has 2 amide bonds. The average Bonchev–Trinajstić information content (AvgIpc) is 3.15. The summed E-state index contributed by atoms with van der Waals surface area (Å²) >= 11 is 1.15. The minimum atomic E-state index is -0.232. The summed E-state index contributed by atoms with van der Waals surface area (Å²) in [5.74, 6) is 0.0823. The molecule has 0 saturated carbocycles. The second kappa shape index (κ2) is 8.50. The van der Waals surface area contributed by atoms with Crippen molar-refractivity contribution in [2.24, 2.45) is 0 Å². The molecule has 0 aliphatic carbocycles. The summed E-state index contributed by atoms with van der Waals surface area (Å²) in [4.78, 5) is 23.8. The molecule has 0 atom stereocenters. The van der Waals surface area contributed by atoms with E-state index < -0.39 is 0 Å². The molecule has 0 bridgehead atoms. The third kappa shape index (κ3) is 4.95. The van der Waals surface area contributed by atoms with Crippen molar-refractivity contribution in [3.05, 3.63) is 59.7 Å². The number of hydrogen-bond donors (Lipinski definition) is 2. The van der Waals surface area contributed by atoms with Crippen LogP contribution in [0.15, 0.2) is 58.2 Å². The number of nitrogens with zero attached hydrogens (tertiary/aromatic N) is 2. The Morgan fingerprint density at radius 1 is 1.11 bits per heavy atom. The second-order valence-electron chi connectivity index (χ2n) is 5.74. The first-order valence-electron chi connectivity index (χ1n) is 8.20. The van der Waals surface area contributed by atoms with Crippen molar-refractivity contribution < 1.29 is 14.0 Å². The van der Waals surface area contributed by atoms with Crippen LogP contribution in [0.4, 0.5) is 5.69 Å². The molecule has 0 unspecified atom stereocenters. The Labute approximate surface area is 160 Å². The van der Waals surface area contributed by atoms with Crippen LogP contribution in [0, 0.1) is 6.92 Å². The molecule has 2 aromatic carbocycles. The molecule has 27 heavy (non-hydrogen) atoms. The van der Waals surface area contributed by atoms with E-state index in [1.807, 2.05) is 31.2 Å². The lowest BCUT2D eigenvalue weighted by molar-refractivity contribution is -0.113. The van der Waals surface area contributed by atoms with Crippen molar-refractivity contribution in [3.63, 3.8) is 0 Å². The smallest absolute Gasteiger partial charge is 0.277 e. The van der Waals surface area contributed by atoms with Gasteiger partial charge >= 0.3 is 0 Å². The third-order valence-electron chi connectivity index (χ3n) is 3.63. The molecule has 0 radical (unpaired) electrons. The predicted octanol–water partition coefficient (Wildman–Crippen LogP) is 3.14. The van der Waals surface area contributed by atoms with E-state index in [0.717, 1.165) is 22.9 Å². The third-order valence-corrected chi connectivity index (χ3v) is 4.45. The molecule has 7 nitrogen and oxygen atoms in total. The van der Waals surface area contributed by atoms with Crippen LogP contribution in [-0.2, 0) is 4.79 Å². The number of carbonyl (C=O) groups excluding carboxylic acids is 2. The van der Waals surface area contributed by atoms with Crippen LogP contribution in [0.3, 0.4) is 0 Å². The van der Waals surface area contributed by atoms with Crippen LogP contribution >= 0.6 is 11.8 Å². The summed E-state index contributed by atoms with van der Waals surface area (Å²) < 4.78 is 5.60. The Hall–Kier alpha value is -3.13. The van der Waals surface area contributed by atoms with Gasteiger partial charge in [-0.05, 0) is 37.3 Å². The van der Waals surface area contributed by atoms with Crippen molar-refractivity contribution in [3.8, 4) is 11.5 Å². The highest BCUT2D eigenvalue weighted by molar-refractivity contribution is 7.99. The number of aromatic nitrogens is 2.